The van der Waals surface area contributed by atoms with E-state index in [0.29, 0.717) is 22.5 Å². The van der Waals surface area contributed by atoms with Gasteiger partial charge in [-0.2, -0.15) is 5.10 Å². The van der Waals surface area contributed by atoms with Crippen molar-refractivity contribution >= 4 is 17.5 Å². The lowest BCUT2D eigenvalue weighted by molar-refractivity contribution is -0.315. The fourth-order valence-corrected chi connectivity index (χ4v) is 2.86. The second kappa shape index (κ2) is 6.78. The SMILES string of the molecule is Cc1cc(Nc2ccn(-c3ccccc3)n2)cc(C)c1C(O)C(=O)[O-]. The van der Waals surface area contributed by atoms with Gasteiger partial charge >= 0.3 is 0 Å². The number of aliphatic hydroxyl groups excluding tert-OH is 1. The molecule has 6 nitrogen and oxygen atoms in total. The molecule has 3 aromatic rings. The zero-order valence-corrected chi connectivity index (χ0v) is 13.9. The highest BCUT2D eigenvalue weighted by Gasteiger charge is 2.15. The van der Waals surface area contributed by atoms with Crippen LogP contribution in [0.1, 0.15) is 22.8 Å². The van der Waals surface area contributed by atoms with Crippen molar-refractivity contribution in [3.05, 3.63) is 71.4 Å². The van der Waals surface area contributed by atoms with E-state index in [1.54, 1.807) is 30.7 Å². The highest BCUT2D eigenvalue weighted by Crippen LogP contribution is 2.27. The number of benzene rings is 2. The van der Waals surface area contributed by atoms with E-state index < -0.39 is 12.1 Å². The normalized spacial score (nSPS) is 12.0. The standard InChI is InChI=1S/C19H19N3O3/c1-12-10-14(11-13(2)17(12)18(23)19(24)25)20-16-8-9-22(21-16)15-6-4-3-5-7-15/h3-11,18,23H,1-2H3,(H,20,21)(H,24,25)/p-1. The molecular formula is C19H18N3O3-. The summed E-state index contributed by atoms with van der Waals surface area (Å²) in [7, 11) is 0. The summed E-state index contributed by atoms with van der Waals surface area (Å²) >= 11 is 0. The van der Waals surface area contributed by atoms with Gasteiger partial charge in [0.15, 0.2) is 5.82 Å². The van der Waals surface area contributed by atoms with Crippen LogP contribution in [0.4, 0.5) is 11.5 Å². The van der Waals surface area contributed by atoms with Crippen molar-refractivity contribution in [3.63, 3.8) is 0 Å². The summed E-state index contributed by atoms with van der Waals surface area (Å²) in [5.74, 6) is -0.843. The predicted molar refractivity (Wildman–Crippen MR) is 92.7 cm³/mol. The number of aryl methyl sites for hydroxylation is 2. The summed E-state index contributed by atoms with van der Waals surface area (Å²) in [5.41, 5.74) is 3.42. The minimum Gasteiger partial charge on any atom is -0.547 e. The molecule has 3 rings (SSSR count). The molecular weight excluding hydrogens is 318 g/mol. The number of aromatic nitrogens is 2. The second-order valence-corrected chi connectivity index (χ2v) is 5.85. The lowest BCUT2D eigenvalue weighted by Crippen LogP contribution is -2.30. The Hall–Kier alpha value is -3.12. The van der Waals surface area contributed by atoms with Crippen LogP contribution < -0.4 is 10.4 Å². The van der Waals surface area contributed by atoms with E-state index >= 15 is 0 Å². The van der Waals surface area contributed by atoms with Gasteiger partial charge in [-0.15, -0.1) is 0 Å². The maximum Gasteiger partial charge on any atom is 0.152 e. The van der Waals surface area contributed by atoms with E-state index in [0.717, 1.165) is 11.4 Å². The van der Waals surface area contributed by atoms with Gasteiger partial charge in [0.25, 0.3) is 0 Å². The Bertz CT molecular complexity index is 880. The molecule has 25 heavy (non-hydrogen) atoms. The maximum absolute atomic E-state index is 10.9. The highest BCUT2D eigenvalue weighted by atomic mass is 16.4. The monoisotopic (exact) mass is 336 g/mol. The number of aliphatic carboxylic acids is 1. The van der Waals surface area contributed by atoms with Crippen molar-refractivity contribution in [2.45, 2.75) is 20.0 Å². The first-order valence-corrected chi connectivity index (χ1v) is 7.84. The second-order valence-electron chi connectivity index (χ2n) is 5.85. The molecule has 1 aromatic heterocycles. The van der Waals surface area contributed by atoms with Gasteiger partial charge in [-0.3, -0.25) is 0 Å². The Labute approximate surface area is 145 Å². The van der Waals surface area contributed by atoms with E-state index in [1.165, 1.54) is 0 Å². The number of carboxylic acids is 1. The predicted octanol–water partition coefficient (Wildman–Crippen LogP) is 2.02. The van der Waals surface area contributed by atoms with E-state index in [9.17, 15) is 15.0 Å². The topological polar surface area (TPSA) is 90.2 Å². The van der Waals surface area contributed by atoms with Crippen LogP contribution in [-0.2, 0) is 4.79 Å². The van der Waals surface area contributed by atoms with Gasteiger partial charge in [0.05, 0.1) is 11.7 Å². The van der Waals surface area contributed by atoms with Crippen molar-refractivity contribution in [2.24, 2.45) is 0 Å². The number of carbonyl (C=O) groups excluding carboxylic acids is 1. The van der Waals surface area contributed by atoms with E-state index in [-0.39, 0.29) is 0 Å². The Morgan fingerprint density at radius 1 is 1.16 bits per heavy atom. The molecule has 0 spiro atoms. The van der Waals surface area contributed by atoms with Crippen molar-refractivity contribution in [2.75, 3.05) is 5.32 Å². The number of carboxylic acid groups (broad SMARTS) is 1. The molecule has 0 fully saturated rings. The smallest absolute Gasteiger partial charge is 0.152 e. The molecule has 0 amide bonds. The molecule has 2 N–H and O–H groups in total. The summed E-state index contributed by atoms with van der Waals surface area (Å²) in [4.78, 5) is 10.9. The summed E-state index contributed by atoms with van der Waals surface area (Å²) in [5, 5.41) is 28.4. The molecule has 6 heteroatoms. The molecule has 0 aliphatic carbocycles. The highest BCUT2D eigenvalue weighted by molar-refractivity contribution is 5.74. The Kier molecular flexibility index (Phi) is 4.54. The van der Waals surface area contributed by atoms with Gasteiger partial charge in [0, 0.05) is 18.0 Å². The molecule has 2 aromatic carbocycles. The van der Waals surface area contributed by atoms with Crippen LogP contribution in [-0.4, -0.2) is 20.9 Å². The maximum atomic E-state index is 10.9. The van der Waals surface area contributed by atoms with Crippen LogP contribution in [0.2, 0.25) is 0 Å². The fraction of sp³-hybridized carbons (Fsp3) is 0.158. The van der Waals surface area contributed by atoms with Crippen LogP contribution in [0.3, 0.4) is 0 Å². The number of nitrogens with one attached hydrogen (secondary N) is 1. The number of aliphatic hydroxyl groups is 1. The molecule has 0 radical (unpaired) electrons. The largest absolute Gasteiger partial charge is 0.547 e. The van der Waals surface area contributed by atoms with Crippen LogP contribution in [0.15, 0.2) is 54.7 Å². The van der Waals surface area contributed by atoms with Gasteiger partial charge in [-0.05, 0) is 54.8 Å². The van der Waals surface area contributed by atoms with Crippen molar-refractivity contribution in [1.29, 1.82) is 0 Å². The average molecular weight is 336 g/mol. The van der Waals surface area contributed by atoms with Gasteiger partial charge in [0.1, 0.15) is 6.10 Å². The summed E-state index contributed by atoms with van der Waals surface area (Å²) in [6.07, 6.45) is 0.220. The lowest BCUT2D eigenvalue weighted by atomic mass is 9.97. The first-order chi connectivity index (χ1) is 12.0. The number of para-hydroxylation sites is 1. The molecule has 1 heterocycles. The number of carbonyl (C=O) groups is 1. The molecule has 1 unspecified atom stereocenters. The third-order valence-electron chi connectivity index (χ3n) is 3.97. The molecule has 0 saturated carbocycles. The summed E-state index contributed by atoms with van der Waals surface area (Å²) < 4.78 is 1.76. The molecule has 0 saturated heterocycles. The van der Waals surface area contributed by atoms with Crippen molar-refractivity contribution in [1.82, 2.24) is 9.78 Å². The van der Waals surface area contributed by atoms with Crippen molar-refractivity contribution in [3.8, 4) is 5.69 Å². The van der Waals surface area contributed by atoms with Crippen LogP contribution >= 0.6 is 0 Å². The van der Waals surface area contributed by atoms with E-state index in [4.69, 9.17) is 0 Å². The Morgan fingerprint density at radius 2 is 1.80 bits per heavy atom. The third kappa shape index (κ3) is 3.54. The average Bonchev–Trinajstić information content (AvgIpc) is 3.03. The van der Waals surface area contributed by atoms with Crippen molar-refractivity contribution < 1.29 is 15.0 Å². The number of hydrogen-bond acceptors (Lipinski definition) is 5. The van der Waals surface area contributed by atoms with Gasteiger partial charge in [0.2, 0.25) is 0 Å². The zero-order chi connectivity index (χ0) is 18.0. The molecule has 0 aliphatic heterocycles. The van der Waals surface area contributed by atoms with E-state index in [1.807, 2.05) is 42.6 Å². The quantitative estimate of drug-likeness (QED) is 0.744. The Morgan fingerprint density at radius 3 is 2.40 bits per heavy atom. The minimum absolute atomic E-state index is 0.361. The minimum atomic E-state index is -1.63. The fourth-order valence-electron chi connectivity index (χ4n) is 2.86. The third-order valence-corrected chi connectivity index (χ3v) is 3.97. The van der Waals surface area contributed by atoms with E-state index in [2.05, 4.69) is 10.4 Å². The first kappa shape index (κ1) is 16.7. The summed E-state index contributed by atoms with van der Waals surface area (Å²) in [6.45, 7) is 3.50. The first-order valence-electron chi connectivity index (χ1n) is 7.84. The summed E-state index contributed by atoms with van der Waals surface area (Å²) in [6, 6.07) is 15.1. The molecule has 0 aliphatic rings. The molecule has 1 atom stereocenters. The van der Waals surface area contributed by atoms with Gasteiger partial charge in [-0.1, -0.05) is 18.2 Å². The number of hydrogen-bond donors (Lipinski definition) is 2. The zero-order valence-electron chi connectivity index (χ0n) is 13.9. The van der Waals surface area contributed by atoms with Crippen LogP contribution in [0, 0.1) is 13.8 Å². The number of rotatable bonds is 5. The Balaban J connectivity index is 1.85. The van der Waals surface area contributed by atoms with Gasteiger partial charge in [-0.25, -0.2) is 4.68 Å². The lowest BCUT2D eigenvalue weighted by Gasteiger charge is -2.18. The number of nitrogens with zero attached hydrogens (tertiary/aromatic N) is 2. The van der Waals surface area contributed by atoms with Crippen LogP contribution in [0.5, 0.6) is 0 Å². The van der Waals surface area contributed by atoms with Crippen LogP contribution in [0.25, 0.3) is 5.69 Å². The van der Waals surface area contributed by atoms with Gasteiger partial charge < -0.3 is 20.3 Å². The molecule has 128 valence electrons. The molecule has 0 bridgehead atoms. The number of anilines is 2.